The Bertz CT molecular complexity index is 1680. The largest absolute Gasteiger partial charge is 0.480 e. The quantitative estimate of drug-likeness (QED) is 0.0218. The van der Waals surface area contributed by atoms with E-state index in [-0.39, 0.29) is 37.7 Å². The summed E-state index contributed by atoms with van der Waals surface area (Å²) in [6, 6.07) is -13.9. The van der Waals surface area contributed by atoms with Crippen molar-refractivity contribution in [2.75, 3.05) is 46.1 Å². The number of carbonyl (C=O) groups excluding carboxylic acids is 8. The summed E-state index contributed by atoms with van der Waals surface area (Å²) in [5, 5.41) is 87.2. The maximum atomic E-state index is 13.3. The molecule has 28 nitrogen and oxygen atoms in total. The van der Waals surface area contributed by atoms with E-state index in [4.69, 9.17) is 11.5 Å². The molecule has 2 saturated heterocycles. The number of nitrogens with two attached hydrogens (primary N) is 2. The van der Waals surface area contributed by atoms with E-state index in [2.05, 4.69) is 31.6 Å². The third kappa shape index (κ3) is 16.4. The Balaban J connectivity index is 2.10. The molecule has 28 heteroatoms. The highest BCUT2D eigenvalue weighted by Crippen LogP contribution is 2.21. The molecule has 0 aromatic heterocycles. The Kier molecular flexibility index (Phi) is 22.7. The van der Waals surface area contributed by atoms with Crippen LogP contribution in [0.3, 0.4) is 0 Å². The molecule has 8 amide bonds. The predicted octanol–water partition coefficient (Wildman–Crippen LogP) is -10.0. The number of carboxylic acids is 1. The fourth-order valence-electron chi connectivity index (χ4n) is 6.59. The van der Waals surface area contributed by atoms with Gasteiger partial charge in [-0.2, -0.15) is 0 Å². The number of nitrogens with one attached hydrogen (secondary N) is 8. The molecule has 0 spiro atoms. The summed E-state index contributed by atoms with van der Waals surface area (Å²) in [6.45, 7) is -1.26. The molecule has 0 aromatic rings. The number of amides is 8. The van der Waals surface area contributed by atoms with Gasteiger partial charge in [-0.3, -0.25) is 43.3 Å². The van der Waals surface area contributed by atoms with Gasteiger partial charge in [0.2, 0.25) is 47.3 Å². The van der Waals surface area contributed by atoms with Crippen LogP contribution in [0.4, 0.5) is 0 Å². The molecule has 2 fully saturated rings. The minimum absolute atomic E-state index is 0.0323. The van der Waals surface area contributed by atoms with Crippen LogP contribution in [-0.4, -0.2) is 212 Å². The molecule has 0 bridgehead atoms. The zero-order chi connectivity index (χ0) is 48.3. The molecule has 19 N–H and O–H groups in total. The van der Waals surface area contributed by atoms with E-state index in [9.17, 15) is 78.9 Å². The molecule has 0 aromatic carbocycles. The maximum absolute atomic E-state index is 13.3. The number of hydrogen-bond donors (Lipinski definition) is 17. The first kappa shape index (κ1) is 54.4. The minimum atomic E-state index is -1.92. The smallest absolute Gasteiger partial charge is 0.328 e. The van der Waals surface area contributed by atoms with E-state index < -0.39 is 140 Å². The number of hydrogen-bond acceptors (Lipinski definition) is 17. The van der Waals surface area contributed by atoms with Crippen molar-refractivity contribution in [3.63, 3.8) is 0 Å². The normalized spacial score (nSPS) is 20.0. The molecule has 362 valence electrons. The van der Waals surface area contributed by atoms with Crippen LogP contribution in [0.25, 0.3) is 0 Å². The highest BCUT2D eigenvalue weighted by atomic mass is 16.4. The molecule has 2 aliphatic rings. The Morgan fingerprint density at radius 2 is 1.09 bits per heavy atom. The van der Waals surface area contributed by atoms with Crippen molar-refractivity contribution >= 4 is 59.2 Å². The van der Waals surface area contributed by atoms with E-state index in [1.54, 1.807) is 0 Å². The van der Waals surface area contributed by atoms with Gasteiger partial charge in [-0.1, -0.05) is 0 Å². The van der Waals surface area contributed by atoms with Gasteiger partial charge in [-0.05, 0) is 58.9 Å². The first-order valence-corrected chi connectivity index (χ1v) is 20.4. The number of nitrogens with zero attached hydrogens (tertiary/aromatic N) is 2. The number of likely N-dealkylation sites (tertiary alicyclic amines) is 1. The second-order valence-electron chi connectivity index (χ2n) is 15.1. The summed E-state index contributed by atoms with van der Waals surface area (Å²) in [5.74, 6) is -10.2. The molecular formula is C36H62N12O16. The van der Waals surface area contributed by atoms with Crippen molar-refractivity contribution < 1.29 is 78.9 Å². The number of aliphatic hydroxyl groups excluding tert-OH is 6. The van der Waals surface area contributed by atoms with Gasteiger partial charge in [0.25, 0.3) is 0 Å². The van der Waals surface area contributed by atoms with Crippen molar-refractivity contribution in [1.82, 2.24) is 47.4 Å². The summed E-state index contributed by atoms with van der Waals surface area (Å²) < 4.78 is 0. The summed E-state index contributed by atoms with van der Waals surface area (Å²) in [5.41, 5.74) is 10.6. The topological polar surface area (TPSA) is 459 Å². The average molecular weight is 919 g/mol. The molecule has 64 heavy (non-hydrogen) atoms. The van der Waals surface area contributed by atoms with Gasteiger partial charge in [0, 0.05) is 13.1 Å². The number of guanidine groups is 1. The number of aliphatic carboxylic acids is 1. The molecule has 11 atom stereocenters. The molecule has 2 rings (SSSR count). The van der Waals surface area contributed by atoms with Crippen molar-refractivity contribution in [1.29, 1.82) is 0 Å². The summed E-state index contributed by atoms with van der Waals surface area (Å²) in [4.78, 5) is 122. The van der Waals surface area contributed by atoms with Gasteiger partial charge < -0.3 is 94.6 Å². The van der Waals surface area contributed by atoms with E-state index in [0.29, 0.717) is 25.9 Å². The summed E-state index contributed by atoms with van der Waals surface area (Å²) in [7, 11) is 0. The lowest BCUT2D eigenvalue weighted by atomic mass is 10.1. The van der Waals surface area contributed by atoms with Gasteiger partial charge in [-0.25, -0.2) is 4.79 Å². The number of aliphatic imine (C=N–C) groups is 1. The van der Waals surface area contributed by atoms with Gasteiger partial charge in [-0.15, -0.1) is 0 Å². The number of aliphatic hydroxyl groups is 6. The molecule has 0 aliphatic carbocycles. The van der Waals surface area contributed by atoms with E-state index >= 15 is 0 Å². The lowest BCUT2D eigenvalue weighted by Crippen LogP contribution is -2.63. The monoisotopic (exact) mass is 918 g/mol. The fourth-order valence-corrected chi connectivity index (χ4v) is 6.59. The Labute approximate surface area is 366 Å². The standard InChI is InChI=1S/C36H62N12O16/c1-16(53)25(32(60)41-18(6-3-10-40-36(37)38)27(55)45-23(15-52)35(63)64)46-30(58)22(14-51)43-28(56)20(12-49)42-29(57)21(13-50)44-33(61)26(17(2)54)47-31(59)24-8-5-11-48(24)34(62)19-7-4-9-39-19/h16-26,39,49-54H,3-15H2,1-2H3,(H,41,60)(H,42,57)(H,43,56)(H,44,61)(H,45,55)(H,46,58)(H,47,59)(H,63,64)(H4,37,38,40)/t16-,17-,18+,19+,20+,21+,22+,23+,24+,25+,26+/m1/s1. The van der Waals surface area contributed by atoms with Crippen molar-refractivity contribution in [3.05, 3.63) is 0 Å². The third-order valence-electron chi connectivity index (χ3n) is 10.1. The van der Waals surface area contributed by atoms with Gasteiger partial charge >= 0.3 is 5.97 Å². The van der Waals surface area contributed by atoms with E-state index in [1.165, 1.54) is 11.8 Å². The molecule has 2 aliphatic heterocycles. The van der Waals surface area contributed by atoms with Gasteiger partial charge in [0.1, 0.15) is 48.3 Å². The number of carboxylic acid groups (broad SMARTS) is 1. The lowest BCUT2D eigenvalue weighted by molar-refractivity contribution is -0.143. The van der Waals surface area contributed by atoms with Crippen LogP contribution in [0, 0.1) is 0 Å². The summed E-state index contributed by atoms with van der Waals surface area (Å²) in [6.07, 6.45) is -1.23. The second-order valence-corrected chi connectivity index (χ2v) is 15.1. The zero-order valence-corrected chi connectivity index (χ0v) is 35.4. The summed E-state index contributed by atoms with van der Waals surface area (Å²) >= 11 is 0. The van der Waals surface area contributed by atoms with Crippen LogP contribution < -0.4 is 54.0 Å². The first-order valence-electron chi connectivity index (χ1n) is 20.4. The predicted molar refractivity (Wildman–Crippen MR) is 219 cm³/mol. The van der Waals surface area contributed by atoms with E-state index in [1.807, 2.05) is 16.0 Å². The van der Waals surface area contributed by atoms with Crippen molar-refractivity contribution in [2.24, 2.45) is 16.5 Å². The van der Waals surface area contributed by atoms with E-state index in [0.717, 1.165) is 13.3 Å². The highest BCUT2D eigenvalue weighted by molar-refractivity contribution is 5.98. The molecule has 0 unspecified atom stereocenters. The molecule has 2 heterocycles. The SMILES string of the molecule is C[C@@H](O)[C@H](NC(=O)[C@H](CO)NC(=O)[C@H](CO)NC(=O)[C@H](CO)NC(=O)[C@@H](NC(=O)[C@@H]1CCCN1C(=O)[C@@H]1CCCN1)[C@@H](C)O)C(=O)N[C@@H](CCCN=C(N)N)C(=O)N[C@@H](CO)C(=O)O. The van der Waals surface area contributed by atoms with Crippen LogP contribution in [0.2, 0.25) is 0 Å². The van der Waals surface area contributed by atoms with Gasteiger partial charge in [0.05, 0.1) is 44.7 Å². The van der Waals surface area contributed by atoms with Gasteiger partial charge in [0.15, 0.2) is 5.96 Å². The van der Waals surface area contributed by atoms with Crippen LogP contribution in [-0.2, 0) is 43.2 Å². The molecular weight excluding hydrogens is 856 g/mol. The zero-order valence-electron chi connectivity index (χ0n) is 35.4. The third-order valence-corrected chi connectivity index (χ3v) is 10.1. The second kappa shape index (κ2) is 26.8. The average Bonchev–Trinajstić information content (AvgIpc) is 3.98. The Hall–Kier alpha value is -5.78. The fraction of sp³-hybridized carbons (Fsp3) is 0.722. The number of rotatable bonds is 26. The van der Waals surface area contributed by atoms with Crippen LogP contribution in [0.5, 0.6) is 0 Å². The molecule has 0 saturated carbocycles. The van der Waals surface area contributed by atoms with Crippen molar-refractivity contribution in [2.45, 2.75) is 119 Å². The Morgan fingerprint density at radius 3 is 1.55 bits per heavy atom. The van der Waals surface area contributed by atoms with Crippen LogP contribution >= 0.6 is 0 Å². The Morgan fingerprint density at radius 1 is 0.641 bits per heavy atom. The van der Waals surface area contributed by atoms with Crippen molar-refractivity contribution in [3.8, 4) is 0 Å². The molecule has 0 radical (unpaired) electrons. The van der Waals surface area contributed by atoms with Crippen LogP contribution in [0.1, 0.15) is 52.4 Å². The lowest BCUT2D eigenvalue weighted by Gasteiger charge is -2.29. The first-order chi connectivity index (χ1) is 30.2. The maximum Gasteiger partial charge on any atom is 0.328 e. The minimum Gasteiger partial charge on any atom is -0.480 e. The van der Waals surface area contributed by atoms with Crippen LogP contribution in [0.15, 0.2) is 4.99 Å². The highest BCUT2D eigenvalue weighted by Gasteiger charge is 2.41. The number of carbonyl (C=O) groups is 9.